The topological polar surface area (TPSA) is 69.6 Å². The van der Waals surface area contributed by atoms with E-state index in [0.717, 1.165) is 5.56 Å². The van der Waals surface area contributed by atoms with Crippen LogP contribution in [0.1, 0.15) is 37.0 Å². The summed E-state index contributed by atoms with van der Waals surface area (Å²) >= 11 is 1.44. The number of rotatable bonds is 7. The van der Waals surface area contributed by atoms with Crippen LogP contribution in [0.2, 0.25) is 0 Å². The van der Waals surface area contributed by atoms with E-state index < -0.39 is 0 Å². The summed E-state index contributed by atoms with van der Waals surface area (Å²) in [4.78, 5) is 4.40. The first-order valence-corrected chi connectivity index (χ1v) is 10.3. The van der Waals surface area contributed by atoms with Crippen LogP contribution in [0.4, 0.5) is 4.39 Å². The van der Waals surface area contributed by atoms with Gasteiger partial charge in [0.15, 0.2) is 16.8 Å². The zero-order chi connectivity index (χ0) is 20.2. The minimum atomic E-state index is -0.329. The van der Waals surface area contributed by atoms with E-state index in [2.05, 4.69) is 20.3 Å². The van der Waals surface area contributed by atoms with Crippen LogP contribution in [0, 0.1) is 5.82 Å². The van der Waals surface area contributed by atoms with Gasteiger partial charge in [-0.15, -0.1) is 10.2 Å². The van der Waals surface area contributed by atoms with E-state index in [-0.39, 0.29) is 11.7 Å². The van der Waals surface area contributed by atoms with Crippen LogP contribution >= 0.6 is 11.8 Å². The van der Waals surface area contributed by atoms with Crippen molar-refractivity contribution in [2.24, 2.45) is 0 Å². The van der Waals surface area contributed by atoms with Gasteiger partial charge in [-0.3, -0.25) is 4.57 Å². The number of nitrogens with zero attached hydrogens (tertiary/aromatic N) is 5. The lowest BCUT2D eigenvalue weighted by atomic mass is 10.2. The zero-order valence-corrected chi connectivity index (χ0v) is 16.9. The first-order valence-electron chi connectivity index (χ1n) is 9.29. The maximum absolute atomic E-state index is 14.4. The summed E-state index contributed by atoms with van der Waals surface area (Å²) in [7, 11) is 0. The van der Waals surface area contributed by atoms with Crippen molar-refractivity contribution in [3.05, 3.63) is 77.7 Å². The molecule has 2 aromatic heterocycles. The molecule has 0 amide bonds. The molecule has 0 unspecified atom stereocenters. The van der Waals surface area contributed by atoms with Gasteiger partial charge in [-0.05, 0) is 17.7 Å². The minimum absolute atomic E-state index is 0.201. The molecule has 0 atom stereocenters. The normalized spacial score (nSPS) is 11.3. The van der Waals surface area contributed by atoms with Gasteiger partial charge in [-0.2, -0.15) is 4.98 Å². The Kier molecular flexibility index (Phi) is 5.71. The maximum Gasteiger partial charge on any atom is 0.237 e. The Bertz CT molecular complexity index is 1090. The lowest BCUT2D eigenvalue weighted by Gasteiger charge is -2.10. The molecule has 0 N–H and O–H groups in total. The third kappa shape index (κ3) is 4.37. The zero-order valence-electron chi connectivity index (χ0n) is 16.1. The molecule has 0 radical (unpaired) electrons. The largest absolute Gasteiger partial charge is 0.338 e. The van der Waals surface area contributed by atoms with E-state index in [1.165, 1.54) is 17.8 Å². The van der Waals surface area contributed by atoms with Crippen molar-refractivity contribution < 1.29 is 8.91 Å². The Balaban J connectivity index is 1.64. The van der Waals surface area contributed by atoms with E-state index >= 15 is 0 Å². The quantitative estimate of drug-likeness (QED) is 0.403. The van der Waals surface area contributed by atoms with Crippen LogP contribution in [0.5, 0.6) is 0 Å². The molecular formula is C21H20FN5OS. The van der Waals surface area contributed by atoms with Crippen LogP contribution in [-0.2, 0) is 12.3 Å². The van der Waals surface area contributed by atoms with E-state index in [0.29, 0.717) is 40.6 Å². The molecule has 0 aliphatic carbocycles. The van der Waals surface area contributed by atoms with Gasteiger partial charge >= 0.3 is 0 Å². The smallest absolute Gasteiger partial charge is 0.237 e. The molecule has 148 valence electrons. The minimum Gasteiger partial charge on any atom is -0.338 e. The van der Waals surface area contributed by atoms with Crippen LogP contribution in [0.3, 0.4) is 0 Å². The number of halogens is 1. The maximum atomic E-state index is 14.4. The molecule has 4 aromatic rings. The Morgan fingerprint density at radius 2 is 1.79 bits per heavy atom. The third-order valence-corrected chi connectivity index (χ3v) is 5.29. The molecular weight excluding hydrogens is 389 g/mol. The van der Waals surface area contributed by atoms with Gasteiger partial charge in [-0.1, -0.05) is 73.2 Å². The van der Waals surface area contributed by atoms with Gasteiger partial charge in [-0.25, -0.2) is 4.39 Å². The lowest BCUT2D eigenvalue weighted by molar-refractivity contribution is 0.382. The molecule has 0 bridgehead atoms. The van der Waals surface area contributed by atoms with Crippen molar-refractivity contribution in [3.8, 4) is 11.4 Å². The highest BCUT2D eigenvalue weighted by Gasteiger charge is 2.19. The molecule has 0 fully saturated rings. The summed E-state index contributed by atoms with van der Waals surface area (Å²) in [5, 5.41) is 13.2. The van der Waals surface area contributed by atoms with Gasteiger partial charge in [0.2, 0.25) is 5.89 Å². The van der Waals surface area contributed by atoms with Gasteiger partial charge < -0.3 is 4.52 Å². The molecule has 6 nitrogen and oxygen atoms in total. The highest BCUT2D eigenvalue weighted by molar-refractivity contribution is 7.98. The van der Waals surface area contributed by atoms with Crippen molar-refractivity contribution in [2.75, 3.05) is 0 Å². The van der Waals surface area contributed by atoms with Crippen LogP contribution < -0.4 is 0 Å². The fourth-order valence-corrected chi connectivity index (χ4v) is 3.61. The van der Waals surface area contributed by atoms with E-state index in [1.807, 2.05) is 48.7 Å². The summed E-state index contributed by atoms with van der Waals surface area (Å²) in [6.45, 7) is 4.55. The fraction of sp³-hybridized carbons (Fsp3) is 0.238. The summed E-state index contributed by atoms with van der Waals surface area (Å²) in [6, 6.07) is 16.5. The van der Waals surface area contributed by atoms with Gasteiger partial charge in [0.1, 0.15) is 5.82 Å². The Hall–Kier alpha value is -3.00. The molecule has 8 heteroatoms. The summed E-state index contributed by atoms with van der Waals surface area (Å²) in [5.41, 5.74) is 1.49. The Morgan fingerprint density at radius 1 is 1.03 bits per heavy atom. The lowest BCUT2D eigenvalue weighted by Crippen LogP contribution is -2.05. The average molecular weight is 409 g/mol. The monoisotopic (exact) mass is 409 g/mol. The van der Waals surface area contributed by atoms with Crippen molar-refractivity contribution >= 4 is 11.8 Å². The molecule has 2 aromatic carbocycles. The average Bonchev–Trinajstić information content (AvgIpc) is 3.35. The molecule has 4 rings (SSSR count). The Morgan fingerprint density at radius 3 is 2.52 bits per heavy atom. The van der Waals surface area contributed by atoms with Gasteiger partial charge in [0.25, 0.3) is 0 Å². The van der Waals surface area contributed by atoms with Crippen LogP contribution in [-0.4, -0.2) is 24.9 Å². The van der Waals surface area contributed by atoms with E-state index in [4.69, 9.17) is 4.52 Å². The second kappa shape index (κ2) is 8.57. The van der Waals surface area contributed by atoms with Crippen molar-refractivity contribution in [1.82, 2.24) is 24.9 Å². The number of benzene rings is 2. The summed E-state index contributed by atoms with van der Waals surface area (Å²) < 4.78 is 21.6. The van der Waals surface area contributed by atoms with Gasteiger partial charge in [0.05, 0.1) is 17.9 Å². The fourth-order valence-electron chi connectivity index (χ4n) is 2.83. The summed E-state index contributed by atoms with van der Waals surface area (Å²) in [6.07, 6.45) is 0. The van der Waals surface area contributed by atoms with Crippen LogP contribution in [0.15, 0.2) is 64.3 Å². The highest BCUT2D eigenvalue weighted by atomic mass is 32.2. The molecule has 0 saturated heterocycles. The van der Waals surface area contributed by atoms with Gasteiger partial charge in [0, 0.05) is 5.92 Å². The highest BCUT2D eigenvalue weighted by Crippen LogP contribution is 2.28. The van der Waals surface area contributed by atoms with E-state index in [1.54, 1.807) is 18.2 Å². The van der Waals surface area contributed by atoms with Crippen molar-refractivity contribution in [3.63, 3.8) is 0 Å². The summed E-state index contributed by atoms with van der Waals surface area (Å²) in [5.74, 6) is 2.03. The number of thioether (sulfide) groups is 1. The standard InChI is InChI=1S/C21H20FN5OS/c1-14(2)19-23-18(28-26-19)13-29-21-25-24-20(16-10-6-7-11-17(16)22)27(21)12-15-8-4-3-5-9-15/h3-11,14H,12-13H2,1-2H3. The molecule has 0 spiro atoms. The molecule has 2 heterocycles. The molecule has 0 saturated carbocycles. The van der Waals surface area contributed by atoms with Crippen molar-refractivity contribution in [1.29, 1.82) is 0 Å². The first kappa shape index (κ1) is 19.3. The number of hydrogen-bond donors (Lipinski definition) is 0. The SMILES string of the molecule is CC(C)c1noc(CSc2nnc(-c3ccccc3F)n2Cc2ccccc2)n1. The number of aromatic nitrogens is 5. The van der Waals surface area contributed by atoms with E-state index in [9.17, 15) is 4.39 Å². The predicted octanol–water partition coefficient (Wildman–Crippen LogP) is 4.93. The van der Waals surface area contributed by atoms with Crippen LogP contribution in [0.25, 0.3) is 11.4 Å². The second-order valence-electron chi connectivity index (χ2n) is 6.85. The molecule has 0 aliphatic heterocycles. The first-order chi connectivity index (χ1) is 14.1. The number of hydrogen-bond acceptors (Lipinski definition) is 6. The molecule has 0 aliphatic rings. The Labute approximate surface area is 172 Å². The third-order valence-electron chi connectivity index (χ3n) is 4.34. The van der Waals surface area contributed by atoms with Crippen molar-refractivity contribution in [2.45, 2.75) is 37.2 Å². The predicted molar refractivity (Wildman–Crippen MR) is 109 cm³/mol. The second-order valence-corrected chi connectivity index (χ2v) is 7.79. The molecule has 29 heavy (non-hydrogen) atoms.